The molecule has 16 heavy (non-hydrogen) atoms. The van der Waals surface area contributed by atoms with Gasteiger partial charge in [0.15, 0.2) is 5.82 Å². The molecule has 0 aliphatic carbocycles. The van der Waals surface area contributed by atoms with Gasteiger partial charge in [0, 0.05) is 13.0 Å². The molecule has 0 aromatic carbocycles. The lowest BCUT2D eigenvalue weighted by Gasteiger charge is -2.31. The highest BCUT2D eigenvalue weighted by Gasteiger charge is 2.19. The molecule has 4 heteroatoms. The fourth-order valence-corrected chi connectivity index (χ4v) is 2.31. The van der Waals surface area contributed by atoms with E-state index >= 15 is 0 Å². The molecule has 2 heterocycles. The lowest BCUT2D eigenvalue weighted by molar-refractivity contribution is 0.180. The number of piperidine rings is 1. The van der Waals surface area contributed by atoms with Gasteiger partial charge in [-0.05, 0) is 31.8 Å². The molecule has 0 saturated carbocycles. The summed E-state index contributed by atoms with van der Waals surface area (Å²) in [5.41, 5.74) is 0. The number of nitrogens with zero attached hydrogens (tertiary/aromatic N) is 3. The first-order valence-corrected chi connectivity index (χ1v) is 5.96. The Morgan fingerprint density at radius 2 is 2.19 bits per heavy atom. The van der Waals surface area contributed by atoms with Crippen LogP contribution in [0.25, 0.3) is 0 Å². The van der Waals surface area contributed by atoms with Gasteiger partial charge in [0.1, 0.15) is 5.82 Å². The molecule has 0 amide bonds. The van der Waals surface area contributed by atoms with Gasteiger partial charge in [-0.15, -0.1) is 0 Å². The Kier molecular flexibility index (Phi) is 3.83. The van der Waals surface area contributed by atoms with E-state index in [1.807, 2.05) is 0 Å². The Morgan fingerprint density at radius 3 is 2.88 bits per heavy atom. The van der Waals surface area contributed by atoms with Gasteiger partial charge in [-0.1, -0.05) is 6.92 Å². The maximum atomic E-state index is 12.6. The van der Waals surface area contributed by atoms with Gasteiger partial charge in [0.2, 0.25) is 0 Å². The van der Waals surface area contributed by atoms with Crippen molar-refractivity contribution in [3.8, 4) is 0 Å². The summed E-state index contributed by atoms with van der Waals surface area (Å²) in [5, 5.41) is 0. The summed E-state index contributed by atoms with van der Waals surface area (Å²) in [6, 6.07) is 0. The second-order valence-electron chi connectivity index (χ2n) is 4.42. The van der Waals surface area contributed by atoms with Crippen LogP contribution in [0.3, 0.4) is 0 Å². The highest BCUT2D eigenvalue weighted by atomic mass is 19.1. The molecule has 1 unspecified atom stereocenters. The molecule has 1 aliphatic rings. The van der Waals surface area contributed by atoms with Crippen LogP contribution in [0, 0.1) is 11.7 Å². The second kappa shape index (κ2) is 5.34. The Balaban J connectivity index is 1.91. The van der Waals surface area contributed by atoms with Crippen molar-refractivity contribution in [2.75, 3.05) is 19.6 Å². The summed E-state index contributed by atoms with van der Waals surface area (Å²) in [5.74, 6) is 1.03. The van der Waals surface area contributed by atoms with Crippen LogP contribution in [0.5, 0.6) is 0 Å². The SMILES string of the molecule is CCN1CCCC(Cc2ncc(F)cn2)C1. The molecule has 0 N–H and O–H groups in total. The van der Waals surface area contributed by atoms with Crippen molar-refractivity contribution in [1.29, 1.82) is 0 Å². The minimum atomic E-state index is -0.359. The monoisotopic (exact) mass is 223 g/mol. The van der Waals surface area contributed by atoms with E-state index in [4.69, 9.17) is 0 Å². The van der Waals surface area contributed by atoms with E-state index in [2.05, 4.69) is 21.8 Å². The second-order valence-corrected chi connectivity index (χ2v) is 4.42. The van der Waals surface area contributed by atoms with Crippen LogP contribution in [-0.2, 0) is 6.42 Å². The van der Waals surface area contributed by atoms with Crippen molar-refractivity contribution < 1.29 is 4.39 Å². The summed E-state index contributed by atoms with van der Waals surface area (Å²) in [4.78, 5) is 10.5. The number of halogens is 1. The largest absolute Gasteiger partial charge is 0.303 e. The summed E-state index contributed by atoms with van der Waals surface area (Å²) < 4.78 is 12.6. The molecule has 0 spiro atoms. The van der Waals surface area contributed by atoms with E-state index in [1.54, 1.807) is 0 Å². The highest BCUT2D eigenvalue weighted by Crippen LogP contribution is 2.18. The lowest BCUT2D eigenvalue weighted by atomic mass is 9.94. The molecule has 1 fully saturated rings. The summed E-state index contributed by atoms with van der Waals surface area (Å²) >= 11 is 0. The maximum absolute atomic E-state index is 12.6. The molecule has 1 aromatic heterocycles. The first-order chi connectivity index (χ1) is 7.78. The van der Waals surface area contributed by atoms with E-state index in [-0.39, 0.29) is 5.82 Å². The first-order valence-electron chi connectivity index (χ1n) is 5.96. The van der Waals surface area contributed by atoms with E-state index in [0.29, 0.717) is 5.92 Å². The number of hydrogen-bond donors (Lipinski definition) is 0. The Morgan fingerprint density at radius 1 is 1.44 bits per heavy atom. The van der Waals surface area contributed by atoms with Crippen molar-refractivity contribution in [2.45, 2.75) is 26.2 Å². The normalized spacial score (nSPS) is 22.2. The molecule has 0 bridgehead atoms. The van der Waals surface area contributed by atoms with Crippen LogP contribution in [-0.4, -0.2) is 34.5 Å². The molecule has 1 aromatic rings. The maximum Gasteiger partial charge on any atom is 0.159 e. The third-order valence-corrected chi connectivity index (χ3v) is 3.20. The summed E-state index contributed by atoms with van der Waals surface area (Å²) in [7, 11) is 0. The topological polar surface area (TPSA) is 29.0 Å². The Labute approximate surface area is 95.7 Å². The minimum absolute atomic E-state index is 0.359. The molecular formula is C12H18FN3. The highest BCUT2D eigenvalue weighted by molar-refractivity contribution is 4.93. The van der Waals surface area contributed by atoms with Gasteiger partial charge >= 0.3 is 0 Å². The molecule has 1 aliphatic heterocycles. The zero-order valence-electron chi connectivity index (χ0n) is 9.69. The Bertz CT molecular complexity index is 326. The molecule has 3 nitrogen and oxygen atoms in total. The van der Waals surface area contributed by atoms with Crippen LogP contribution >= 0.6 is 0 Å². The van der Waals surface area contributed by atoms with Crippen molar-refractivity contribution in [3.63, 3.8) is 0 Å². The van der Waals surface area contributed by atoms with Crippen LogP contribution in [0.4, 0.5) is 4.39 Å². The third-order valence-electron chi connectivity index (χ3n) is 3.20. The summed E-state index contributed by atoms with van der Waals surface area (Å²) in [6.45, 7) is 5.63. The average Bonchev–Trinajstić information content (AvgIpc) is 2.32. The zero-order valence-corrected chi connectivity index (χ0v) is 9.69. The van der Waals surface area contributed by atoms with Crippen molar-refractivity contribution in [1.82, 2.24) is 14.9 Å². The van der Waals surface area contributed by atoms with Gasteiger partial charge in [-0.3, -0.25) is 0 Å². The number of rotatable bonds is 3. The van der Waals surface area contributed by atoms with Crippen LogP contribution in [0.2, 0.25) is 0 Å². The van der Waals surface area contributed by atoms with E-state index in [0.717, 1.165) is 25.3 Å². The first kappa shape index (κ1) is 11.5. The van der Waals surface area contributed by atoms with E-state index in [9.17, 15) is 4.39 Å². The van der Waals surface area contributed by atoms with Gasteiger partial charge in [-0.2, -0.15) is 0 Å². The lowest BCUT2D eigenvalue weighted by Crippen LogP contribution is -2.36. The van der Waals surface area contributed by atoms with Gasteiger partial charge in [-0.25, -0.2) is 14.4 Å². The van der Waals surface area contributed by atoms with Crippen molar-refractivity contribution in [2.24, 2.45) is 5.92 Å². The third kappa shape index (κ3) is 2.98. The molecular weight excluding hydrogens is 205 g/mol. The molecule has 1 atom stereocenters. The van der Waals surface area contributed by atoms with Gasteiger partial charge < -0.3 is 4.90 Å². The quantitative estimate of drug-likeness (QED) is 0.783. The standard InChI is InChI=1S/C12H18FN3/c1-2-16-5-3-4-10(9-16)6-12-14-7-11(13)8-15-12/h7-8,10H,2-6,9H2,1H3. The number of likely N-dealkylation sites (tertiary alicyclic amines) is 1. The molecule has 0 radical (unpaired) electrons. The molecule has 1 saturated heterocycles. The van der Waals surface area contributed by atoms with Gasteiger partial charge in [0.05, 0.1) is 12.4 Å². The summed E-state index contributed by atoms with van der Waals surface area (Å²) in [6.07, 6.45) is 5.86. The van der Waals surface area contributed by atoms with Crippen LogP contribution < -0.4 is 0 Å². The zero-order chi connectivity index (χ0) is 11.4. The number of aromatic nitrogens is 2. The van der Waals surface area contributed by atoms with E-state index in [1.165, 1.54) is 31.8 Å². The van der Waals surface area contributed by atoms with Crippen molar-refractivity contribution >= 4 is 0 Å². The smallest absolute Gasteiger partial charge is 0.159 e. The average molecular weight is 223 g/mol. The Hall–Kier alpha value is -1.03. The van der Waals surface area contributed by atoms with Crippen LogP contribution in [0.15, 0.2) is 12.4 Å². The van der Waals surface area contributed by atoms with Crippen LogP contribution in [0.1, 0.15) is 25.6 Å². The fourth-order valence-electron chi connectivity index (χ4n) is 2.31. The van der Waals surface area contributed by atoms with Gasteiger partial charge in [0.25, 0.3) is 0 Å². The minimum Gasteiger partial charge on any atom is -0.303 e. The predicted molar refractivity (Wildman–Crippen MR) is 60.5 cm³/mol. The predicted octanol–water partition coefficient (Wildman–Crippen LogP) is 1.89. The fraction of sp³-hybridized carbons (Fsp3) is 0.667. The number of hydrogen-bond acceptors (Lipinski definition) is 3. The van der Waals surface area contributed by atoms with E-state index < -0.39 is 0 Å². The molecule has 88 valence electrons. The molecule has 2 rings (SSSR count). The van der Waals surface area contributed by atoms with Crippen molar-refractivity contribution in [3.05, 3.63) is 24.0 Å².